The first-order chi connectivity index (χ1) is 14.7. The number of nitrogens with one attached hydrogen (secondary N) is 2. The van der Waals surface area contributed by atoms with Crippen molar-refractivity contribution < 1.29 is 18.0 Å². The van der Waals surface area contributed by atoms with Crippen LogP contribution in [-0.2, 0) is 26.2 Å². The minimum atomic E-state index is -3.86. The zero-order chi connectivity index (χ0) is 22.4. The topological polar surface area (TPSA) is 98.8 Å². The lowest BCUT2D eigenvalue weighted by Crippen LogP contribution is -2.53. The van der Waals surface area contributed by atoms with Crippen molar-refractivity contribution in [2.75, 3.05) is 31.5 Å². The quantitative estimate of drug-likeness (QED) is 0.677. The number of carbonyl (C=O) groups excluding carboxylic acids is 2. The Balaban J connectivity index is 1.53. The number of hydrogen-bond acceptors (Lipinski definition) is 5. The number of piperazine rings is 1. The first-order valence-electron chi connectivity index (χ1n) is 10.2. The van der Waals surface area contributed by atoms with Gasteiger partial charge in [0.1, 0.15) is 0 Å². The van der Waals surface area contributed by atoms with Crippen LogP contribution in [0.2, 0.25) is 0 Å². The summed E-state index contributed by atoms with van der Waals surface area (Å²) in [5.74, 6) is -0.477. The molecule has 0 aliphatic carbocycles. The minimum absolute atomic E-state index is 0.0360. The van der Waals surface area contributed by atoms with Crippen LogP contribution >= 0.6 is 0 Å². The molecular weight excluding hydrogens is 416 g/mol. The molecule has 166 valence electrons. The van der Waals surface area contributed by atoms with Crippen molar-refractivity contribution in [1.82, 2.24) is 14.5 Å². The fourth-order valence-electron chi connectivity index (χ4n) is 3.51. The van der Waals surface area contributed by atoms with Crippen molar-refractivity contribution >= 4 is 27.5 Å². The highest BCUT2D eigenvalue weighted by atomic mass is 32.2. The van der Waals surface area contributed by atoms with Gasteiger partial charge in [0.25, 0.3) is 0 Å². The van der Waals surface area contributed by atoms with Gasteiger partial charge in [-0.3, -0.25) is 14.5 Å². The van der Waals surface area contributed by atoms with Gasteiger partial charge in [-0.2, -0.15) is 4.72 Å². The summed E-state index contributed by atoms with van der Waals surface area (Å²) in [4.78, 5) is 27.9. The van der Waals surface area contributed by atoms with E-state index in [1.54, 1.807) is 11.8 Å². The SMILES string of the molecule is CC(=O)Nc1ccc(S(=O)(=O)N[C@@H](C)C(=O)N2CCN(Cc3ccccc3)CC2)cc1. The van der Waals surface area contributed by atoms with Gasteiger partial charge in [-0.1, -0.05) is 30.3 Å². The van der Waals surface area contributed by atoms with Gasteiger partial charge in [0.2, 0.25) is 21.8 Å². The van der Waals surface area contributed by atoms with Gasteiger partial charge < -0.3 is 10.2 Å². The number of carbonyl (C=O) groups is 2. The number of anilines is 1. The Hall–Kier alpha value is -2.75. The summed E-state index contributed by atoms with van der Waals surface area (Å²) in [6.45, 7) is 6.37. The van der Waals surface area contributed by atoms with Gasteiger partial charge in [0, 0.05) is 45.3 Å². The predicted molar refractivity (Wildman–Crippen MR) is 119 cm³/mol. The van der Waals surface area contributed by atoms with E-state index in [0.717, 1.165) is 19.6 Å². The second-order valence-corrected chi connectivity index (χ2v) is 9.35. The van der Waals surface area contributed by atoms with Crippen molar-refractivity contribution in [3.05, 3.63) is 60.2 Å². The highest BCUT2D eigenvalue weighted by Gasteiger charge is 2.28. The molecule has 1 aliphatic heterocycles. The molecular formula is C22H28N4O4S. The molecule has 3 rings (SSSR count). The Morgan fingerprint density at radius 2 is 1.58 bits per heavy atom. The van der Waals surface area contributed by atoms with Gasteiger partial charge in [-0.15, -0.1) is 0 Å². The lowest BCUT2D eigenvalue weighted by Gasteiger charge is -2.36. The van der Waals surface area contributed by atoms with Crippen LogP contribution in [0.3, 0.4) is 0 Å². The number of rotatable bonds is 7. The second kappa shape index (κ2) is 10.0. The number of amides is 2. The average molecular weight is 445 g/mol. The van der Waals surface area contributed by atoms with Crippen LogP contribution in [0, 0.1) is 0 Å². The van der Waals surface area contributed by atoms with E-state index in [1.165, 1.54) is 36.8 Å². The van der Waals surface area contributed by atoms with Crippen LogP contribution in [-0.4, -0.2) is 62.3 Å². The third-order valence-electron chi connectivity index (χ3n) is 5.12. The predicted octanol–water partition coefficient (Wildman–Crippen LogP) is 1.66. The summed E-state index contributed by atoms with van der Waals surface area (Å²) in [7, 11) is -3.86. The smallest absolute Gasteiger partial charge is 0.241 e. The van der Waals surface area contributed by atoms with Crippen LogP contribution in [0.4, 0.5) is 5.69 Å². The Morgan fingerprint density at radius 3 is 2.16 bits per heavy atom. The monoisotopic (exact) mass is 444 g/mol. The van der Waals surface area contributed by atoms with Crippen LogP contribution in [0.5, 0.6) is 0 Å². The summed E-state index contributed by atoms with van der Waals surface area (Å²) in [5.41, 5.74) is 1.73. The molecule has 1 atom stereocenters. The Bertz CT molecular complexity index is 1000. The third-order valence-corrected chi connectivity index (χ3v) is 6.68. The molecule has 0 spiro atoms. The Labute approximate surface area is 183 Å². The van der Waals surface area contributed by atoms with E-state index in [1.807, 2.05) is 18.2 Å². The molecule has 1 heterocycles. The summed E-state index contributed by atoms with van der Waals surface area (Å²) in [6, 6.07) is 15.1. The summed E-state index contributed by atoms with van der Waals surface area (Å²) < 4.78 is 27.7. The van der Waals surface area contributed by atoms with Crippen LogP contribution in [0.25, 0.3) is 0 Å². The summed E-state index contributed by atoms with van der Waals surface area (Å²) in [6.07, 6.45) is 0. The van der Waals surface area contributed by atoms with Crippen LogP contribution < -0.4 is 10.0 Å². The number of nitrogens with zero attached hydrogens (tertiary/aromatic N) is 2. The minimum Gasteiger partial charge on any atom is -0.339 e. The van der Waals surface area contributed by atoms with Gasteiger partial charge in [-0.25, -0.2) is 8.42 Å². The molecule has 2 aromatic rings. The number of hydrogen-bond donors (Lipinski definition) is 2. The van der Waals surface area contributed by atoms with Crippen LogP contribution in [0.15, 0.2) is 59.5 Å². The molecule has 1 fully saturated rings. The molecule has 0 aromatic heterocycles. The zero-order valence-corrected chi connectivity index (χ0v) is 18.6. The fourth-order valence-corrected chi connectivity index (χ4v) is 4.71. The van der Waals surface area contributed by atoms with Gasteiger partial charge >= 0.3 is 0 Å². The molecule has 0 unspecified atom stereocenters. The first-order valence-corrected chi connectivity index (χ1v) is 11.7. The van der Waals surface area contributed by atoms with Gasteiger partial charge in [0.15, 0.2) is 0 Å². The maximum absolute atomic E-state index is 12.8. The largest absolute Gasteiger partial charge is 0.339 e. The van der Waals surface area contributed by atoms with E-state index in [2.05, 4.69) is 27.1 Å². The third kappa shape index (κ3) is 6.36. The standard InChI is InChI=1S/C22H28N4O4S/c1-17(24-31(29,30)21-10-8-20(9-11-21)23-18(2)27)22(28)26-14-12-25(13-15-26)16-19-6-4-3-5-7-19/h3-11,17,24H,12-16H2,1-2H3,(H,23,27)/t17-/m0/s1. The normalized spacial score (nSPS) is 16.0. The molecule has 8 nitrogen and oxygen atoms in total. The lowest BCUT2D eigenvalue weighted by molar-refractivity contribution is -0.134. The second-order valence-electron chi connectivity index (χ2n) is 7.64. The zero-order valence-electron chi connectivity index (χ0n) is 17.7. The number of benzene rings is 2. The van der Waals surface area contributed by atoms with E-state index in [0.29, 0.717) is 18.8 Å². The van der Waals surface area contributed by atoms with Crippen molar-refractivity contribution in [2.45, 2.75) is 31.3 Å². The van der Waals surface area contributed by atoms with Gasteiger partial charge in [0.05, 0.1) is 10.9 Å². The maximum atomic E-state index is 12.8. The molecule has 9 heteroatoms. The molecule has 0 radical (unpaired) electrons. The lowest BCUT2D eigenvalue weighted by atomic mass is 10.2. The molecule has 2 amide bonds. The molecule has 1 saturated heterocycles. The molecule has 1 aliphatic rings. The van der Waals surface area contributed by atoms with E-state index in [4.69, 9.17) is 0 Å². The molecule has 31 heavy (non-hydrogen) atoms. The summed E-state index contributed by atoms with van der Waals surface area (Å²) in [5, 5.41) is 2.59. The first kappa shape index (κ1) is 22.9. The van der Waals surface area contributed by atoms with Crippen molar-refractivity contribution in [3.63, 3.8) is 0 Å². The van der Waals surface area contributed by atoms with Crippen molar-refractivity contribution in [1.29, 1.82) is 0 Å². The van der Waals surface area contributed by atoms with Gasteiger partial charge in [-0.05, 0) is 36.8 Å². The Kier molecular flexibility index (Phi) is 7.42. The van der Waals surface area contributed by atoms with Crippen molar-refractivity contribution in [2.24, 2.45) is 0 Å². The Morgan fingerprint density at radius 1 is 0.968 bits per heavy atom. The van der Waals surface area contributed by atoms with Crippen molar-refractivity contribution in [3.8, 4) is 0 Å². The highest BCUT2D eigenvalue weighted by Crippen LogP contribution is 2.15. The average Bonchev–Trinajstić information content (AvgIpc) is 2.74. The maximum Gasteiger partial charge on any atom is 0.241 e. The molecule has 2 N–H and O–H groups in total. The molecule has 0 saturated carbocycles. The summed E-state index contributed by atoms with van der Waals surface area (Å²) >= 11 is 0. The fraction of sp³-hybridized carbons (Fsp3) is 0.364. The van der Waals surface area contributed by atoms with E-state index < -0.39 is 16.1 Å². The highest BCUT2D eigenvalue weighted by molar-refractivity contribution is 7.89. The molecule has 2 aromatic carbocycles. The van der Waals surface area contributed by atoms with Crippen LogP contribution in [0.1, 0.15) is 19.4 Å². The molecule has 0 bridgehead atoms. The van der Waals surface area contributed by atoms with E-state index >= 15 is 0 Å². The van der Waals surface area contributed by atoms with E-state index in [9.17, 15) is 18.0 Å². The van der Waals surface area contributed by atoms with E-state index in [-0.39, 0.29) is 16.7 Å². The number of sulfonamides is 1.